The lowest BCUT2D eigenvalue weighted by Gasteiger charge is -2.12. The summed E-state index contributed by atoms with van der Waals surface area (Å²) in [6.07, 6.45) is 0. The van der Waals surface area contributed by atoms with Crippen LogP contribution in [0, 0.1) is 0 Å². The van der Waals surface area contributed by atoms with Crippen molar-refractivity contribution in [2.24, 2.45) is 0 Å². The van der Waals surface area contributed by atoms with Crippen LogP contribution in [0.1, 0.15) is 10.4 Å². The molecule has 3 N–H and O–H groups in total. The van der Waals surface area contributed by atoms with Crippen molar-refractivity contribution in [3.05, 3.63) is 47.0 Å². The molecule has 0 aliphatic carbocycles. The Hall–Kier alpha value is -2.52. The van der Waals surface area contributed by atoms with Crippen molar-refractivity contribution in [3.8, 4) is 5.75 Å². The zero-order valence-corrected chi connectivity index (χ0v) is 15.6. The number of benzene rings is 2. The van der Waals surface area contributed by atoms with Crippen LogP contribution in [0.25, 0.3) is 0 Å². The normalized spacial score (nSPS) is 10.6. The molecule has 6 nitrogen and oxygen atoms in total. The summed E-state index contributed by atoms with van der Waals surface area (Å²) in [7, 11) is 1.34. The first kappa shape index (κ1) is 20.8. The minimum Gasteiger partial charge on any atom is -0.496 e. The molecule has 27 heavy (non-hydrogen) atoms. The standard InChI is InChI=1S/C17H15ClF2N2O4S/c1-25-13-7-11(21)10(18)6-9(13)16(24)26-8-15(23)22-12-4-2-3-5-14(12)27-17(19)20/h2-7,17H,8,21H2,1H3,(H,22,23). The van der Waals surface area contributed by atoms with Gasteiger partial charge in [0.05, 0.1) is 23.5 Å². The van der Waals surface area contributed by atoms with Crippen molar-refractivity contribution in [1.29, 1.82) is 0 Å². The first-order chi connectivity index (χ1) is 12.8. The predicted octanol–water partition coefficient (Wildman–Crippen LogP) is 4.04. The van der Waals surface area contributed by atoms with Crippen LogP contribution in [-0.2, 0) is 9.53 Å². The summed E-state index contributed by atoms with van der Waals surface area (Å²) in [5.41, 5.74) is 6.05. The molecule has 2 aromatic rings. The van der Waals surface area contributed by atoms with Crippen LogP contribution < -0.4 is 15.8 Å². The largest absolute Gasteiger partial charge is 0.496 e. The van der Waals surface area contributed by atoms with Gasteiger partial charge in [0.1, 0.15) is 11.3 Å². The second-order valence-corrected chi connectivity index (χ2v) is 6.51. The third kappa shape index (κ3) is 5.73. The van der Waals surface area contributed by atoms with Crippen LogP contribution in [0.5, 0.6) is 5.75 Å². The van der Waals surface area contributed by atoms with Gasteiger partial charge in [0.2, 0.25) is 0 Å². The van der Waals surface area contributed by atoms with Crippen molar-refractivity contribution >= 4 is 46.6 Å². The third-order valence-corrected chi connectivity index (χ3v) is 4.37. The molecule has 0 saturated carbocycles. The number of rotatable bonds is 7. The summed E-state index contributed by atoms with van der Waals surface area (Å²) in [5, 5.41) is 2.55. The Bertz CT molecular complexity index is 852. The van der Waals surface area contributed by atoms with E-state index in [1.165, 1.54) is 31.4 Å². The molecule has 0 aromatic heterocycles. The fourth-order valence-corrected chi connectivity index (χ4v) is 2.82. The van der Waals surface area contributed by atoms with E-state index in [0.717, 1.165) is 0 Å². The van der Waals surface area contributed by atoms with Gasteiger partial charge >= 0.3 is 5.97 Å². The number of thioether (sulfide) groups is 1. The molecule has 0 aliphatic rings. The van der Waals surface area contributed by atoms with E-state index in [0.29, 0.717) is 11.8 Å². The van der Waals surface area contributed by atoms with Gasteiger partial charge in [-0.25, -0.2) is 4.79 Å². The Balaban J connectivity index is 2.02. The molecule has 10 heteroatoms. The highest BCUT2D eigenvalue weighted by Crippen LogP contribution is 2.32. The number of esters is 1. The molecule has 0 atom stereocenters. The molecule has 2 rings (SSSR count). The van der Waals surface area contributed by atoms with E-state index in [1.807, 2.05) is 0 Å². The highest BCUT2D eigenvalue weighted by molar-refractivity contribution is 7.99. The molecule has 0 fully saturated rings. The smallest absolute Gasteiger partial charge is 0.342 e. The lowest BCUT2D eigenvalue weighted by Crippen LogP contribution is -2.21. The minimum absolute atomic E-state index is 0.00171. The topological polar surface area (TPSA) is 90.7 Å². The monoisotopic (exact) mass is 416 g/mol. The van der Waals surface area contributed by atoms with E-state index in [9.17, 15) is 18.4 Å². The number of hydrogen-bond donors (Lipinski definition) is 2. The SMILES string of the molecule is COc1cc(N)c(Cl)cc1C(=O)OCC(=O)Nc1ccccc1SC(F)F. The van der Waals surface area contributed by atoms with E-state index in [4.69, 9.17) is 26.8 Å². The summed E-state index contributed by atoms with van der Waals surface area (Å²) in [6, 6.07) is 8.68. The summed E-state index contributed by atoms with van der Waals surface area (Å²) in [4.78, 5) is 24.4. The van der Waals surface area contributed by atoms with Gasteiger partial charge in [-0.3, -0.25) is 4.79 Å². The molecule has 0 spiro atoms. The lowest BCUT2D eigenvalue weighted by atomic mass is 10.2. The molecule has 2 aromatic carbocycles. The number of halogens is 3. The van der Waals surface area contributed by atoms with Crippen LogP contribution in [0.4, 0.5) is 20.2 Å². The summed E-state index contributed by atoms with van der Waals surface area (Å²) in [6.45, 7) is -0.627. The Labute approximate surface area is 163 Å². The van der Waals surface area contributed by atoms with Crippen molar-refractivity contribution in [3.63, 3.8) is 0 Å². The fourth-order valence-electron chi connectivity index (χ4n) is 2.06. The van der Waals surface area contributed by atoms with E-state index in [-0.39, 0.29) is 32.6 Å². The lowest BCUT2D eigenvalue weighted by molar-refractivity contribution is -0.119. The predicted molar refractivity (Wildman–Crippen MR) is 99.6 cm³/mol. The fraction of sp³-hybridized carbons (Fsp3) is 0.176. The number of para-hydroxylation sites is 1. The Morgan fingerprint density at radius 1 is 1.30 bits per heavy atom. The maximum Gasteiger partial charge on any atom is 0.342 e. The highest BCUT2D eigenvalue weighted by atomic mass is 35.5. The number of ether oxygens (including phenoxy) is 2. The average Bonchev–Trinajstić information content (AvgIpc) is 2.62. The van der Waals surface area contributed by atoms with Gasteiger partial charge in [0.25, 0.3) is 11.7 Å². The van der Waals surface area contributed by atoms with Gasteiger partial charge in [-0.15, -0.1) is 0 Å². The summed E-state index contributed by atoms with van der Waals surface area (Å²) in [5.74, 6) is -4.03. The van der Waals surface area contributed by atoms with Gasteiger partial charge < -0.3 is 20.5 Å². The Kier molecular flexibility index (Phi) is 7.26. The van der Waals surface area contributed by atoms with Crippen molar-refractivity contribution in [1.82, 2.24) is 0 Å². The van der Waals surface area contributed by atoms with Gasteiger partial charge in [-0.2, -0.15) is 8.78 Å². The van der Waals surface area contributed by atoms with Crippen LogP contribution >= 0.6 is 23.4 Å². The number of methoxy groups -OCH3 is 1. The van der Waals surface area contributed by atoms with E-state index in [1.54, 1.807) is 12.1 Å². The second-order valence-electron chi connectivity index (χ2n) is 5.07. The Morgan fingerprint density at radius 2 is 2.00 bits per heavy atom. The van der Waals surface area contributed by atoms with Gasteiger partial charge in [-0.05, 0) is 18.2 Å². The van der Waals surface area contributed by atoms with Gasteiger partial charge in [-0.1, -0.05) is 35.5 Å². The van der Waals surface area contributed by atoms with E-state index in [2.05, 4.69) is 5.32 Å². The molecule has 0 unspecified atom stereocenters. The third-order valence-electron chi connectivity index (χ3n) is 3.25. The number of anilines is 2. The van der Waals surface area contributed by atoms with E-state index >= 15 is 0 Å². The van der Waals surface area contributed by atoms with Crippen molar-refractivity contribution in [2.75, 3.05) is 24.8 Å². The molecule has 0 bridgehead atoms. The molecule has 1 amide bonds. The number of carbonyl (C=O) groups excluding carboxylic acids is 2. The molecule has 0 aliphatic heterocycles. The van der Waals surface area contributed by atoms with Crippen LogP contribution in [0.15, 0.2) is 41.3 Å². The maximum atomic E-state index is 12.6. The number of amides is 1. The molecular weight excluding hydrogens is 402 g/mol. The number of nitrogens with one attached hydrogen (secondary N) is 1. The first-order valence-electron chi connectivity index (χ1n) is 7.45. The number of nitrogen functional groups attached to an aromatic ring is 1. The van der Waals surface area contributed by atoms with Crippen LogP contribution in [0.2, 0.25) is 5.02 Å². The minimum atomic E-state index is -2.64. The Morgan fingerprint density at radius 3 is 2.67 bits per heavy atom. The molecule has 0 radical (unpaired) electrons. The quantitative estimate of drug-likeness (QED) is 0.402. The summed E-state index contributed by atoms with van der Waals surface area (Å²) < 4.78 is 35.1. The number of carbonyl (C=O) groups is 2. The highest BCUT2D eigenvalue weighted by Gasteiger charge is 2.18. The first-order valence-corrected chi connectivity index (χ1v) is 8.71. The molecule has 0 heterocycles. The number of nitrogens with two attached hydrogens (primary N) is 1. The van der Waals surface area contributed by atoms with Crippen LogP contribution in [-0.4, -0.2) is 31.4 Å². The number of alkyl halides is 2. The number of hydrogen-bond acceptors (Lipinski definition) is 6. The maximum absolute atomic E-state index is 12.6. The molecular formula is C17H15ClF2N2O4S. The van der Waals surface area contributed by atoms with E-state index < -0.39 is 24.2 Å². The van der Waals surface area contributed by atoms with Crippen molar-refractivity contribution in [2.45, 2.75) is 10.7 Å². The zero-order chi connectivity index (χ0) is 20.0. The second kappa shape index (κ2) is 9.43. The molecule has 0 saturated heterocycles. The van der Waals surface area contributed by atoms with Gasteiger partial charge in [0.15, 0.2) is 6.61 Å². The van der Waals surface area contributed by atoms with Gasteiger partial charge in [0, 0.05) is 11.0 Å². The average molecular weight is 417 g/mol. The van der Waals surface area contributed by atoms with Crippen molar-refractivity contribution < 1.29 is 27.8 Å². The van der Waals surface area contributed by atoms with Crippen LogP contribution in [0.3, 0.4) is 0 Å². The molecule has 144 valence electrons. The zero-order valence-electron chi connectivity index (χ0n) is 14.0. The summed E-state index contributed by atoms with van der Waals surface area (Å²) >= 11 is 6.18.